The molecule has 0 saturated heterocycles. The summed E-state index contributed by atoms with van der Waals surface area (Å²) in [6, 6.07) is 3.29. The highest BCUT2D eigenvalue weighted by atomic mass is 19.1. The molecule has 4 nitrogen and oxygen atoms in total. The van der Waals surface area contributed by atoms with Gasteiger partial charge in [0.15, 0.2) is 0 Å². The van der Waals surface area contributed by atoms with Crippen molar-refractivity contribution < 1.29 is 9.18 Å². The Hall–Kier alpha value is -1.91. The Balaban J connectivity index is 1.64. The molecular weight excluding hydrogens is 257 g/mol. The highest BCUT2D eigenvalue weighted by molar-refractivity contribution is 5.78. The lowest BCUT2D eigenvalue weighted by molar-refractivity contribution is -0.121. The van der Waals surface area contributed by atoms with Crippen molar-refractivity contribution in [1.82, 2.24) is 14.7 Å². The smallest absolute Gasteiger partial charge is 0.226 e. The molecule has 1 saturated carbocycles. The molecule has 5 heteroatoms. The van der Waals surface area contributed by atoms with Crippen molar-refractivity contribution in [2.75, 3.05) is 0 Å². The van der Waals surface area contributed by atoms with Crippen LogP contribution in [0.1, 0.15) is 37.8 Å². The molecule has 1 aliphatic rings. The Bertz CT molecular complexity index is 617. The lowest BCUT2D eigenvalue weighted by Crippen LogP contribution is -2.37. The van der Waals surface area contributed by atoms with Crippen LogP contribution < -0.4 is 5.32 Å². The zero-order valence-corrected chi connectivity index (χ0v) is 11.3. The van der Waals surface area contributed by atoms with Crippen molar-refractivity contribution in [2.24, 2.45) is 0 Å². The van der Waals surface area contributed by atoms with E-state index < -0.39 is 0 Å². The number of imidazole rings is 1. The summed E-state index contributed by atoms with van der Waals surface area (Å²) in [7, 11) is 0. The third-order valence-electron chi connectivity index (χ3n) is 3.78. The zero-order chi connectivity index (χ0) is 13.9. The molecule has 0 aromatic carbocycles. The fourth-order valence-corrected chi connectivity index (χ4v) is 2.79. The maximum atomic E-state index is 13.1. The predicted octanol–water partition coefficient (Wildman–Crippen LogP) is 2.46. The van der Waals surface area contributed by atoms with E-state index in [2.05, 4.69) is 10.3 Å². The molecular formula is C15H18FN3O. The van der Waals surface area contributed by atoms with E-state index in [1.807, 2.05) is 0 Å². The minimum atomic E-state index is -0.312. The van der Waals surface area contributed by atoms with Gasteiger partial charge in [0.05, 0.1) is 12.1 Å². The van der Waals surface area contributed by atoms with Gasteiger partial charge in [-0.3, -0.25) is 4.79 Å². The summed E-state index contributed by atoms with van der Waals surface area (Å²) >= 11 is 0. The lowest BCUT2D eigenvalue weighted by atomic mass is 9.95. The van der Waals surface area contributed by atoms with E-state index in [1.54, 1.807) is 16.7 Å². The van der Waals surface area contributed by atoms with Gasteiger partial charge in [-0.1, -0.05) is 19.3 Å². The molecule has 0 atom stereocenters. The maximum absolute atomic E-state index is 13.1. The van der Waals surface area contributed by atoms with Gasteiger partial charge in [-0.05, 0) is 25.0 Å². The molecule has 0 spiro atoms. The average molecular weight is 275 g/mol. The summed E-state index contributed by atoms with van der Waals surface area (Å²) in [4.78, 5) is 16.3. The Labute approximate surface area is 117 Å². The van der Waals surface area contributed by atoms with Gasteiger partial charge >= 0.3 is 0 Å². The third kappa shape index (κ3) is 2.98. The Morgan fingerprint density at radius 3 is 2.90 bits per heavy atom. The second kappa shape index (κ2) is 5.61. The van der Waals surface area contributed by atoms with E-state index >= 15 is 0 Å². The van der Waals surface area contributed by atoms with E-state index in [0.29, 0.717) is 17.4 Å². The number of hydrogen-bond donors (Lipinski definition) is 1. The van der Waals surface area contributed by atoms with E-state index in [9.17, 15) is 9.18 Å². The molecule has 0 aliphatic heterocycles. The first-order chi connectivity index (χ1) is 9.70. The Kier molecular flexibility index (Phi) is 3.67. The van der Waals surface area contributed by atoms with E-state index in [1.165, 1.54) is 31.5 Å². The molecule has 20 heavy (non-hydrogen) atoms. The van der Waals surface area contributed by atoms with Crippen molar-refractivity contribution in [3.05, 3.63) is 36.0 Å². The molecule has 3 rings (SSSR count). The maximum Gasteiger partial charge on any atom is 0.226 e. The van der Waals surface area contributed by atoms with E-state index in [4.69, 9.17) is 0 Å². The van der Waals surface area contributed by atoms with Gasteiger partial charge in [-0.15, -0.1) is 0 Å². The predicted molar refractivity (Wildman–Crippen MR) is 73.9 cm³/mol. The van der Waals surface area contributed by atoms with Crippen molar-refractivity contribution in [1.29, 1.82) is 0 Å². The molecule has 1 fully saturated rings. The number of aromatic nitrogens is 2. The number of carbonyl (C=O) groups excluding carboxylic acids is 1. The average Bonchev–Trinajstić information content (AvgIpc) is 2.80. The first-order valence-electron chi connectivity index (χ1n) is 7.13. The molecule has 0 radical (unpaired) electrons. The summed E-state index contributed by atoms with van der Waals surface area (Å²) in [6.07, 6.45) is 9.12. The minimum Gasteiger partial charge on any atom is -0.353 e. The third-order valence-corrected chi connectivity index (χ3v) is 3.78. The van der Waals surface area contributed by atoms with Crippen molar-refractivity contribution in [3.8, 4) is 0 Å². The SMILES string of the molecule is O=C(Cc1cn2cc(F)ccc2n1)NC1CCCCC1. The molecule has 2 aromatic heterocycles. The first-order valence-corrected chi connectivity index (χ1v) is 7.13. The second-order valence-corrected chi connectivity index (χ2v) is 5.42. The summed E-state index contributed by atoms with van der Waals surface area (Å²) < 4.78 is 14.7. The van der Waals surface area contributed by atoms with Crippen LogP contribution in [0.2, 0.25) is 0 Å². The highest BCUT2D eigenvalue weighted by Gasteiger charge is 2.16. The number of amides is 1. The second-order valence-electron chi connectivity index (χ2n) is 5.42. The van der Waals surface area contributed by atoms with Gasteiger partial charge in [-0.2, -0.15) is 0 Å². The number of carbonyl (C=O) groups is 1. The van der Waals surface area contributed by atoms with Gasteiger partial charge in [0.1, 0.15) is 11.5 Å². The van der Waals surface area contributed by atoms with Gasteiger partial charge in [-0.25, -0.2) is 9.37 Å². The van der Waals surface area contributed by atoms with Crippen LogP contribution in [0.4, 0.5) is 4.39 Å². The number of fused-ring (bicyclic) bond motifs is 1. The molecule has 1 N–H and O–H groups in total. The molecule has 1 amide bonds. The highest BCUT2D eigenvalue weighted by Crippen LogP contribution is 2.17. The summed E-state index contributed by atoms with van der Waals surface area (Å²) in [5.74, 6) is -0.311. The zero-order valence-electron chi connectivity index (χ0n) is 11.3. The number of halogens is 1. The van der Waals surface area contributed by atoms with Crippen LogP contribution >= 0.6 is 0 Å². The molecule has 0 unspecified atom stereocenters. The Morgan fingerprint density at radius 1 is 1.30 bits per heavy atom. The van der Waals surface area contributed by atoms with Gasteiger partial charge < -0.3 is 9.72 Å². The lowest BCUT2D eigenvalue weighted by Gasteiger charge is -2.22. The number of hydrogen-bond acceptors (Lipinski definition) is 2. The number of pyridine rings is 1. The van der Waals surface area contributed by atoms with Crippen molar-refractivity contribution >= 4 is 11.6 Å². The number of rotatable bonds is 3. The van der Waals surface area contributed by atoms with Crippen LogP contribution in [-0.4, -0.2) is 21.3 Å². The van der Waals surface area contributed by atoms with Gasteiger partial charge in [0.25, 0.3) is 0 Å². The normalized spacial score (nSPS) is 16.4. The fourth-order valence-electron chi connectivity index (χ4n) is 2.79. The van der Waals surface area contributed by atoms with Crippen LogP contribution in [0.3, 0.4) is 0 Å². The van der Waals surface area contributed by atoms with Crippen LogP contribution in [-0.2, 0) is 11.2 Å². The summed E-state index contributed by atoms with van der Waals surface area (Å²) in [5, 5.41) is 3.06. The fraction of sp³-hybridized carbons (Fsp3) is 0.467. The van der Waals surface area contributed by atoms with Crippen LogP contribution in [0.25, 0.3) is 5.65 Å². The monoisotopic (exact) mass is 275 g/mol. The van der Waals surface area contributed by atoms with Crippen molar-refractivity contribution in [2.45, 2.75) is 44.6 Å². The molecule has 2 heterocycles. The number of nitrogens with one attached hydrogen (secondary N) is 1. The van der Waals surface area contributed by atoms with E-state index in [0.717, 1.165) is 12.8 Å². The molecule has 0 bridgehead atoms. The largest absolute Gasteiger partial charge is 0.353 e. The topological polar surface area (TPSA) is 46.4 Å². The Morgan fingerprint density at radius 2 is 2.10 bits per heavy atom. The molecule has 106 valence electrons. The number of nitrogens with zero attached hydrogens (tertiary/aromatic N) is 2. The minimum absolute atomic E-state index is 0.000720. The molecule has 1 aliphatic carbocycles. The molecule has 2 aromatic rings. The van der Waals surface area contributed by atoms with Crippen LogP contribution in [0.5, 0.6) is 0 Å². The van der Waals surface area contributed by atoms with Gasteiger partial charge in [0.2, 0.25) is 5.91 Å². The van der Waals surface area contributed by atoms with Gasteiger partial charge in [0, 0.05) is 18.4 Å². The summed E-state index contributed by atoms with van der Waals surface area (Å²) in [6.45, 7) is 0. The standard InChI is InChI=1S/C15H18FN3O/c16-11-6-7-14-17-13(10-19(14)9-11)8-15(20)18-12-4-2-1-3-5-12/h6-7,9-10,12H,1-5,8H2,(H,18,20). The van der Waals surface area contributed by atoms with E-state index in [-0.39, 0.29) is 18.1 Å². The quantitative estimate of drug-likeness (QED) is 0.935. The van der Waals surface area contributed by atoms with Crippen LogP contribution in [0, 0.1) is 5.82 Å². The first kappa shape index (κ1) is 13.1. The summed E-state index contributed by atoms with van der Waals surface area (Å²) in [5.41, 5.74) is 1.33. The van der Waals surface area contributed by atoms with Crippen LogP contribution in [0.15, 0.2) is 24.5 Å². The van der Waals surface area contributed by atoms with Crippen molar-refractivity contribution in [3.63, 3.8) is 0 Å².